The van der Waals surface area contributed by atoms with E-state index in [-0.39, 0.29) is 0 Å². The molecule has 0 amide bonds. The molecule has 2 fully saturated rings. The molecule has 3 heteroatoms. The first-order chi connectivity index (χ1) is 8.07. The molecule has 0 aliphatic heterocycles. The molecule has 2 aliphatic carbocycles. The maximum atomic E-state index is 10.3. The molecule has 100 valence electrons. The third-order valence-electron chi connectivity index (χ3n) is 4.05. The molecule has 17 heavy (non-hydrogen) atoms. The highest BCUT2D eigenvalue weighted by Crippen LogP contribution is 2.30. The Kier molecular flexibility index (Phi) is 4.45. The summed E-state index contributed by atoms with van der Waals surface area (Å²) < 4.78 is 0. The van der Waals surface area contributed by atoms with Crippen molar-refractivity contribution in [3.8, 4) is 0 Å². The summed E-state index contributed by atoms with van der Waals surface area (Å²) in [5, 5.41) is 13.9. The van der Waals surface area contributed by atoms with Crippen LogP contribution in [0.15, 0.2) is 0 Å². The van der Waals surface area contributed by atoms with Crippen molar-refractivity contribution in [3.63, 3.8) is 0 Å². The lowest BCUT2D eigenvalue weighted by Gasteiger charge is -2.30. The lowest BCUT2D eigenvalue weighted by molar-refractivity contribution is 0.0135. The minimum atomic E-state index is -0.390. The van der Waals surface area contributed by atoms with Crippen molar-refractivity contribution in [3.05, 3.63) is 0 Å². The zero-order valence-corrected chi connectivity index (χ0v) is 11.4. The van der Waals surface area contributed by atoms with Crippen LogP contribution in [0.4, 0.5) is 0 Å². The monoisotopic (exact) mass is 240 g/mol. The highest BCUT2D eigenvalue weighted by atomic mass is 16.3. The van der Waals surface area contributed by atoms with Gasteiger partial charge in [0.15, 0.2) is 0 Å². The zero-order chi connectivity index (χ0) is 12.3. The number of nitrogens with zero attached hydrogens (tertiary/aromatic N) is 1. The quantitative estimate of drug-likeness (QED) is 0.710. The van der Waals surface area contributed by atoms with Crippen LogP contribution < -0.4 is 5.32 Å². The fourth-order valence-corrected chi connectivity index (χ4v) is 3.01. The second-order valence-corrected chi connectivity index (χ2v) is 6.42. The van der Waals surface area contributed by atoms with E-state index in [1.165, 1.54) is 25.7 Å². The number of likely N-dealkylation sites (N-methyl/N-ethyl adjacent to an activating group) is 1. The normalized spacial score (nSPS) is 25.4. The van der Waals surface area contributed by atoms with Gasteiger partial charge in [0.05, 0.1) is 5.60 Å². The van der Waals surface area contributed by atoms with Gasteiger partial charge >= 0.3 is 0 Å². The van der Waals surface area contributed by atoms with Gasteiger partial charge in [-0.1, -0.05) is 19.8 Å². The van der Waals surface area contributed by atoms with Crippen molar-refractivity contribution in [2.24, 2.45) is 5.92 Å². The van der Waals surface area contributed by atoms with E-state index in [1.54, 1.807) is 0 Å². The summed E-state index contributed by atoms with van der Waals surface area (Å²) in [4.78, 5) is 2.31. The smallest absolute Gasteiger partial charge is 0.0774 e. The first-order valence-electron chi connectivity index (χ1n) is 7.22. The zero-order valence-electron chi connectivity index (χ0n) is 11.4. The van der Waals surface area contributed by atoms with E-state index in [0.29, 0.717) is 5.92 Å². The van der Waals surface area contributed by atoms with Crippen LogP contribution >= 0.6 is 0 Å². The molecule has 2 N–H and O–H groups in total. The average Bonchev–Trinajstić information content (AvgIpc) is 2.98. The van der Waals surface area contributed by atoms with Gasteiger partial charge in [0.2, 0.25) is 0 Å². The van der Waals surface area contributed by atoms with Gasteiger partial charge in [0.25, 0.3) is 0 Å². The van der Waals surface area contributed by atoms with Gasteiger partial charge in [0.1, 0.15) is 0 Å². The van der Waals surface area contributed by atoms with Crippen LogP contribution in [0.5, 0.6) is 0 Å². The van der Waals surface area contributed by atoms with Crippen LogP contribution in [0.3, 0.4) is 0 Å². The maximum absolute atomic E-state index is 10.3. The fraction of sp³-hybridized carbons (Fsp3) is 1.00. The summed E-state index contributed by atoms with van der Waals surface area (Å²) in [6.45, 7) is 5.35. The van der Waals surface area contributed by atoms with E-state index in [0.717, 1.165) is 38.5 Å². The first-order valence-corrected chi connectivity index (χ1v) is 7.22. The van der Waals surface area contributed by atoms with E-state index in [1.807, 2.05) is 0 Å². The molecule has 1 unspecified atom stereocenters. The average molecular weight is 240 g/mol. The van der Waals surface area contributed by atoms with Crippen molar-refractivity contribution in [2.75, 3.05) is 26.7 Å². The highest BCUT2D eigenvalue weighted by molar-refractivity contribution is 4.87. The fourth-order valence-electron chi connectivity index (χ4n) is 3.01. The topological polar surface area (TPSA) is 35.5 Å². The first kappa shape index (κ1) is 13.3. The molecule has 2 rings (SSSR count). The molecule has 0 bridgehead atoms. The minimum absolute atomic E-state index is 0.390. The standard InChI is InChI=1S/C14H28N2O/c1-12(9-15-13-5-6-13)10-16(2)11-14(17)7-3-4-8-14/h12-13,15,17H,3-11H2,1-2H3. The maximum Gasteiger partial charge on any atom is 0.0774 e. The van der Waals surface area contributed by atoms with Crippen LogP contribution in [0, 0.1) is 5.92 Å². The van der Waals surface area contributed by atoms with E-state index in [4.69, 9.17) is 0 Å². The summed E-state index contributed by atoms with van der Waals surface area (Å²) in [6.07, 6.45) is 7.11. The van der Waals surface area contributed by atoms with Gasteiger partial charge < -0.3 is 15.3 Å². The molecule has 0 aromatic heterocycles. The second-order valence-electron chi connectivity index (χ2n) is 6.42. The Balaban J connectivity index is 1.62. The molecule has 0 aromatic carbocycles. The predicted octanol–water partition coefficient (Wildman–Crippen LogP) is 1.61. The molecule has 0 heterocycles. The Morgan fingerprint density at radius 2 is 2.00 bits per heavy atom. The third kappa shape index (κ3) is 4.57. The number of nitrogens with one attached hydrogen (secondary N) is 1. The molecular weight excluding hydrogens is 212 g/mol. The molecule has 1 atom stereocenters. The van der Waals surface area contributed by atoms with Crippen molar-refractivity contribution in [1.29, 1.82) is 0 Å². The van der Waals surface area contributed by atoms with E-state index >= 15 is 0 Å². The minimum Gasteiger partial charge on any atom is -0.389 e. The second kappa shape index (κ2) is 5.68. The van der Waals surface area contributed by atoms with Crippen molar-refractivity contribution in [1.82, 2.24) is 10.2 Å². The van der Waals surface area contributed by atoms with Crippen LogP contribution in [0.2, 0.25) is 0 Å². The van der Waals surface area contributed by atoms with Gasteiger partial charge in [-0.05, 0) is 45.2 Å². The van der Waals surface area contributed by atoms with Crippen LogP contribution in [-0.4, -0.2) is 48.3 Å². The molecule has 2 aliphatic rings. The molecule has 0 radical (unpaired) electrons. The number of rotatable bonds is 7. The van der Waals surface area contributed by atoms with E-state index in [2.05, 4.69) is 24.2 Å². The Bertz CT molecular complexity index is 234. The molecular formula is C14H28N2O. The molecule has 0 spiro atoms. The van der Waals surface area contributed by atoms with Gasteiger partial charge in [-0.25, -0.2) is 0 Å². The molecule has 0 saturated heterocycles. The summed E-state index contributed by atoms with van der Waals surface area (Å²) in [6, 6.07) is 0.807. The third-order valence-corrected chi connectivity index (χ3v) is 4.05. The van der Waals surface area contributed by atoms with Crippen molar-refractivity contribution in [2.45, 2.75) is 57.1 Å². The van der Waals surface area contributed by atoms with Crippen LogP contribution in [0.25, 0.3) is 0 Å². The number of hydrogen-bond donors (Lipinski definition) is 2. The summed E-state index contributed by atoms with van der Waals surface area (Å²) in [7, 11) is 2.14. The van der Waals surface area contributed by atoms with Gasteiger partial charge in [-0.2, -0.15) is 0 Å². The number of aliphatic hydroxyl groups is 1. The number of hydrogen-bond acceptors (Lipinski definition) is 3. The lowest BCUT2D eigenvalue weighted by Crippen LogP contribution is -2.42. The Labute approximate surface area is 106 Å². The SMILES string of the molecule is CC(CNC1CC1)CN(C)CC1(O)CCCC1. The van der Waals surface area contributed by atoms with Crippen molar-refractivity contribution < 1.29 is 5.11 Å². The summed E-state index contributed by atoms with van der Waals surface area (Å²) in [5.74, 6) is 0.672. The lowest BCUT2D eigenvalue weighted by atomic mass is 10.0. The van der Waals surface area contributed by atoms with Crippen LogP contribution in [0.1, 0.15) is 45.4 Å². The Morgan fingerprint density at radius 3 is 2.59 bits per heavy atom. The largest absolute Gasteiger partial charge is 0.389 e. The predicted molar refractivity (Wildman–Crippen MR) is 71.1 cm³/mol. The van der Waals surface area contributed by atoms with Gasteiger partial charge in [0, 0.05) is 19.1 Å². The van der Waals surface area contributed by atoms with E-state index in [9.17, 15) is 5.11 Å². The molecule has 2 saturated carbocycles. The highest BCUT2D eigenvalue weighted by Gasteiger charge is 2.32. The van der Waals surface area contributed by atoms with E-state index < -0.39 is 5.60 Å². The summed E-state index contributed by atoms with van der Waals surface area (Å²) in [5.41, 5.74) is -0.390. The Morgan fingerprint density at radius 1 is 1.35 bits per heavy atom. The van der Waals surface area contributed by atoms with Gasteiger partial charge in [-0.3, -0.25) is 0 Å². The summed E-state index contributed by atoms with van der Waals surface area (Å²) >= 11 is 0. The van der Waals surface area contributed by atoms with Crippen LogP contribution in [-0.2, 0) is 0 Å². The molecule has 3 nitrogen and oxygen atoms in total. The Hall–Kier alpha value is -0.120. The van der Waals surface area contributed by atoms with Gasteiger partial charge in [-0.15, -0.1) is 0 Å². The van der Waals surface area contributed by atoms with Crippen molar-refractivity contribution >= 4 is 0 Å². The molecule has 0 aromatic rings.